The Morgan fingerprint density at radius 3 is 2.52 bits per heavy atom. The lowest BCUT2D eigenvalue weighted by molar-refractivity contribution is 0.0697. The van der Waals surface area contributed by atoms with Gasteiger partial charge in [0.25, 0.3) is 0 Å². The van der Waals surface area contributed by atoms with E-state index in [0.29, 0.717) is 31.5 Å². The Morgan fingerprint density at radius 1 is 1.14 bits per heavy atom. The summed E-state index contributed by atoms with van der Waals surface area (Å²) in [4.78, 5) is 24.2. The zero-order valence-corrected chi connectivity index (χ0v) is 16.5. The number of carboxylic acid groups (broad SMARTS) is 1. The van der Waals surface area contributed by atoms with Gasteiger partial charge in [0.15, 0.2) is 0 Å². The summed E-state index contributed by atoms with van der Waals surface area (Å²) < 4.78 is 3.51. The van der Waals surface area contributed by atoms with Crippen molar-refractivity contribution < 1.29 is 9.90 Å². The summed E-state index contributed by atoms with van der Waals surface area (Å²) in [6.07, 6.45) is 9.43. The molecule has 0 spiro atoms. The summed E-state index contributed by atoms with van der Waals surface area (Å²) >= 11 is 0. The van der Waals surface area contributed by atoms with Crippen LogP contribution >= 0.6 is 0 Å². The Balaban J connectivity index is 1.90. The van der Waals surface area contributed by atoms with Gasteiger partial charge in [-0.3, -0.25) is 9.13 Å². The Morgan fingerprint density at radius 2 is 1.86 bits per heavy atom. The fourth-order valence-electron chi connectivity index (χ4n) is 3.45. The van der Waals surface area contributed by atoms with Crippen molar-refractivity contribution in [2.45, 2.75) is 39.3 Å². The van der Waals surface area contributed by atoms with Crippen molar-refractivity contribution in [2.75, 3.05) is 0 Å². The van der Waals surface area contributed by atoms with Crippen molar-refractivity contribution in [2.24, 2.45) is 0 Å². The lowest BCUT2D eigenvalue weighted by Crippen LogP contribution is -2.25. The molecule has 3 rings (SSSR count). The molecule has 1 N–H and O–H groups in total. The van der Waals surface area contributed by atoms with E-state index >= 15 is 0 Å². The minimum atomic E-state index is -0.952. The van der Waals surface area contributed by atoms with E-state index in [9.17, 15) is 14.7 Å². The number of aromatic nitrogens is 2. The third-order valence-corrected chi connectivity index (χ3v) is 4.88. The third-order valence-electron chi connectivity index (χ3n) is 4.88. The van der Waals surface area contributed by atoms with Gasteiger partial charge in [-0.15, -0.1) is 12.3 Å². The lowest BCUT2D eigenvalue weighted by atomic mass is 9.99. The number of terminal acetylenes is 1. The van der Waals surface area contributed by atoms with Gasteiger partial charge in [0.1, 0.15) is 0 Å². The number of rotatable bonds is 8. The number of nitrogens with zero attached hydrogens (tertiary/aromatic N) is 2. The van der Waals surface area contributed by atoms with E-state index in [2.05, 4.69) is 5.92 Å². The van der Waals surface area contributed by atoms with Crippen LogP contribution in [0, 0.1) is 12.3 Å². The number of aromatic carboxylic acids is 1. The molecule has 29 heavy (non-hydrogen) atoms. The van der Waals surface area contributed by atoms with Crippen molar-refractivity contribution in [3.63, 3.8) is 0 Å². The molecule has 0 bridgehead atoms. The van der Waals surface area contributed by atoms with Crippen LogP contribution in [-0.2, 0) is 19.5 Å². The van der Waals surface area contributed by atoms with E-state index in [1.807, 2.05) is 43.5 Å². The molecule has 0 saturated carbocycles. The molecular formula is C24H24N2O3. The molecular weight excluding hydrogens is 364 g/mol. The molecule has 0 radical (unpaired) electrons. The van der Waals surface area contributed by atoms with Crippen LogP contribution in [0.1, 0.15) is 41.4 Å². The van der Waals surface area contributed by atoms with Crippen molar-refractivity contribution in [1.29, 1.82) is 0 Å². The highest BCUT2D eigenvalue weighted by Crippen LogP contribution is 2.24. The van der Waals surface area contributed by atoms with Gasteiger partial charge in [-0.1, -0.05) is 49.4 Å². The Labute approximate surface area is 170 Å². The Hall–Kier alpha value is -3.52. The molecule has 1 heterocycles. The van der Waals surface area contributed by atoms with Crippen molar-refractivity contribution in [1.82, 2.24) is 9.13 Å². The highest BCUT2D eigenvalue weighted by molar-refractivity contribution is 5.95. The second kappa shape index (κ2) is 9.11. The molecule has 3 aromatic rings. The van der Waals surface area contributed by atoms with Gasteiger partial charge in [-0.05, 0) is 29.2 Å². The van der Waals surface area contributed by atoms with Gasteiger partial charge in [0.2, 0.25) is 0 Å². The maximum Gasteiger partial charge on any atom is 0.336 e. The summed E-state index contributed by atoms with van der Waals surface area (Å²) in [5.41, 5.74) is 3.65. The highest BCUT2D eigenvalue weighted by Gasteiger charge is 2.13. The van der Waals surface area contributed by atoms with Crippen LogP contribution < -0.4 is 5.69 Å². The van der Waals surface area contributed by atoms with Gasteiger partial charge >= 0.3 is 11.7 Å². The summed E-state index contributed by atoms with van der Waals surface area (Å²) in [6, 6.07) is 14.6. The summed E-state index contributed by atoms with van der Waals surface area (Å²) in [7, 11) is 0. The van der Waals surface area contributed by atoms with E-state index in [1.165, 1.54) is 0 Å². The molecule has 0 aliphatic carbocycles. The number of imidazole rings is 1. The number of carboxylic acids is 1. The number of hydrogen-bond donors (Lipinski definition) is 1. The molecule has 0 saturated heterocycles. The van der Waals surface area contributed by atoms with E-state index in [-0.39, 0.29) is 11.3 Å². The summed E-state index contributed by atoms with van der Waals surface area (Å²) in [5.74, 6) is 1.68. The second-order valence-corrected chi connectivity index (χ2v) is 6.93. The minimum absolute atomic E-state index is 0.0285. The quantitative estimate of drug-likeness (QED) is 0.593. The van der Waals surface area contributed by atoms with Crippen LogP contribution in [0.3, 0.4) is 0 Å². The van der Waals surface area contributed by atoms with E-state index in [0.717, 1.165) is 23.2 Å². The SMILES string of the molecule is C#CCCc1cn(CCC)c(=O)n1Cc1ccc(-c2ccccc2C(=O)O)cc1. The van der Waals surface area contributed by atoms with Crippen LogP contribution in [0.15, 0.2) is 59.5 Å². The normalized spacial score (nSPS) is 10.6. The van der Waals surface area contributed by atoms with Gasteiger partial charge < -0.3 is 5.11 Å². The number of aryl methyl sites for hydroxylation is 2. The molecule has 0 unspecified atom stereocenters. The molecule has 5 nitrogen and oxygen atoms in total. The maximum absolute atomic E-state index is 12.8. The molecule has 0 aliphatic rings. The van der Waals surface area contributed by atoms with Crippen molar-refractivity contribution in [3.05, 3.63) is 82.0 Å². The molecule has 0 fully saturated rings. The average molecular weight is 388 g/mol. The fourth-order valence-corrected chi connectivity index (χ4v) is 3.45. The topological polar surface area (TPSA) is 64.2 Å². The van der Waals surface area contributed by atoms with Crippen LogP contribution in [0.5, 0.6) is 0 Å². The summed E-state index contributed by atoms with van der Waals surface area (Å²) in [6.45, 7) is 3.18. The molecule has 0 amide bonds. The molecule has 2 aromatic carbocycles. The molecule has 0 aliphatic heterocycles. The largest absolute Gasteiger partial charge is 0.478 e. The minimum Gasteiger partial charge on any atom is -0.478 e. The standard InChI is InChI=1S/C24H24N2O3/c1-3-5-8-20-17-25(15-4-2)24(29)26(20)16-18-11-13-19(14-12-18)21-9-6-7-10-22(21)23(27)28/h1,6-7,9-14,17H,4-5,8,15-16H2,2H3,(H,27,28). The van der Waals surface area contributed by atoms with Crippen molar-refractivity contribution in [3.8, 4) is 23.5 Å². The lowest BCUT2D eigenvalue weighted by Gasteiger charge is -2.09. The molecule has 148 valence electrons. The first-order valence-corrected chi connectivity index (χ1v) is 9.69. The molecule has 5 heteroatoms. The molecule has 1 aromatic heterocycles. The van der Waals surface area contributed by atoms with E-state index < -0.39 is 5.97 Å². The average Bonchev–Trinajstić information content (AvgIpc) is 3.02. The highest BCUT2D eigenvalue weighted by atomic mass is 16.4. The monoisotopic (exact) mass is 388 g/mol. The third kappa shape index (κ3) is 4.49. The van der Waals surface area contributed by atoms with Crippen LogP contribution in [0.2, 0.25) is 0 Å². The predicted octanol–water partition coefficient (Wildman–Crippen LogP) is 4.04. The van der Waals surface area contributed by atoms with Gasteiger partial charge in [-0.2, -0.15) is 0 Å². The number of carbonyl (C=O) groups is 1. The second-order valence-electron chi connectivity index (χ2n) is 6.93. The van der Waals surface area contributed by atoms with Crippen LogP contribution in [-0.4, -0.2) is 20.2 Å². The van der Waals surface area contributed by atoms with Crippen LogP contribution in [0.25, 0.3) is 11.1 Å². The number of benzene rings is 2. The number of hydrogen-bond acceptors (Lipinski definition) is 2. The zero-order valence-electron chi connectivity index (χ0n) is 16.5. The predicted molar refractivity (Wildman–Crippen MR) is 114 cm³/mol. The first-order valence-electron chi connectivity index (χ1n) is 9.69. The van der Waals surface area contributed by atoms with Crippen molar-refractivity contribution >= 4 is 5.97 Å². The fraction of sp³-hybridized carbons (Fsp3) is 0.250. The smallest absolute Gasteiger partial charge is 0.336 e. The molecule has 0 atom stereocenters. The first kappa shape index (κ1) is 20.2. The summed E-state index contributed by atoms with van der Waals surface area (Å²) in [5, 5.41) is 9.40. The first-order chi connectivity index (χ1) is 14.0. The van der Waals surface area contributed by atoms with E-state index in [1.54, 1.807) is 27.3 Å². The van der Waals surface area contributed by atoms with Crippen LogP contribution in [0.4, 0.5) is 0 Å². The van der Waals surface area contributed by atoms with Gasteiger partial charge in [0, 0.05) is 31.3 Å². The van der Waals surface area contributed by atoms with E-state index in [4.69, 9.17) is 6.42 Å². The zero-order chi connectivity index (χ0) is 20.8. The van der Waals surface area contributed by atoms with Gasteiger partial charge in [0.05, 0.1) is 12.1 Å². The Kier molecular flexibility index (Phi) is 6.36. The van der Waals surface area contributed by atoms with Gasteiger partial charge in [-0.25, -0.2) is 9.59 Å². The maximum atomic E-state index is 12.8. The Bertz CT molecular complexity index is 1100.